The monoisotopic (exact) mass is 1470 g/mol. The SMILES string of the molecule is CCc1cc(C)c(S(=O)(=O)O)c(CC)c1Nc1ccc2c3c1C(=O)c1occc1-c3c(S(C)(=O)=O)c(=O)n2-c1ccc(C(=O)O)c(C(=O)O)c1.Cc1cc(Nc2ccc(S(=O)(=O)O)cc2SOOO)c2c3c(c(S(C)=O)c(=O)n(-c4nc5ccc(C(=O)O)cc5s4)c13)-c1ccccc1C2=O. The van der Waals surface area contributed by atoms with Gasteiger partial charge < -0.3 is 30.4 Å². The first-order valence-corrected chi connectivity index (χ1v) is 37.1. The van der Waals surface area contributed by atoms with Gasteiger partial charge in [-0.05, 0) is 133 Å². The lowest BCUT2D eigenvalue weighted by Crippen LogP contribution is -2.28. The van der Waals surface area contributed by atoms with Gasteiger partial charge in [-0.1, -0.05) is 60.6 Å². The molecule has 100 heavy (non-hydrogen) atoms. The second-order valence-electron chi connectivity index (χ2n) is 22.7. The number of ketones is 2. The molecule has 4 heterocycles. The van der Waals surface area contributed by atoms with Crippen LogP contribution >= 0.6 is 23.4 Å². The summed E-state index contributed by atoms with van der Waals surface area (Å²) in [5.74, 6) is -5.71. The number of aromatic carboxylic acids is 3. The van der Waals surface area contributed by atoms with Crippen LogP contribution in [0, 0.1) is 13.8 Å². The molecule has 13 rings (SSSR count). The average molecular weight is 1470 g/mol. The van der Waals surface area contributed by atoms with Crippen molar-refractivity contribution in [1.82, 2.24) is 14.1 Å². The van der Waals surface area contributed by atoms with Crippen molar-refractivity contribution >= 4 is 148 Å². The number of aromatic nitrogens is 3. The summed E-state index contributed by atoms with van der Waals surface area (Å²) in [6.45, 7) is 6.76. The smallest absolute Gasteiger partial charge is 0.336 e. The maximum Gasteiger partial charge on any atom is 0.336 e. The Kier molecular flexibility index (Phi) is 17.9. The Bertz CT molecular complexity index is 6050. The van der Waals surface area contributed by atoms with Gasteiger partial charge in [0, 0.05) is 51.2 Å². The number of hydrogen-bond acceptors (Lipinski definition) is 23. The number of benzene rings is 7. The van der Waals surface area contributed by atoms with Gasteiger partial charge in [0.1, 0.15) is 14.7 Å². The number of pyridine rings is 2. The van der Waals surface area contributed by atoms with E-state index >= 15 is 0 Å². The Morgan fingerprint density at radius 1 is 0.670 bits per heavy atom. The molecule has 0 saturated carbocycles. The number of carbonyl (C=O) groups is 5. The van der Waals surface area contributed by atoms with E-state index in [0.29, 0.717) is 67.4 Å². The molecule has 0 radical (unpaired) electrons. The number of thiazole rings is 1. The van der Waals surface area contributed by atoms with Crippen molar-refractivity contribution in [2.24, 2.45) is 0 Å². The van der Waals surface area contributed by atoms with Crippen molar-refractivity contribution in [3.05, 3.63) is 198 Å². The van der Waals surface area contributed by atoms with Crippen LogP contribution in [0.25, 0.3) is 65.1 Å². The highest BCUT2D eigenvalue weighted by molar-refractivity contribution is 7.94. The second-order valence-corrected chi connectivity index (χ2v) is 30.5. The number of fused-ring (bicyclic) bond motifs is 5. The van der Waals surface area contributed by atoms with Crippen molar-refractivity contribution in [2.45, 2.75) is 65.0 Å². The third kappa shape index (κ3) is 11.7. The van der Waals surface area contributed by atoms with Crippen molar-refractivity contribution < 1.29 is 96.9 Å². The second kappa shape index (κ2) is 25.7. The summed E-state index contributed by atoms with van der Waals surface area (Å²) < 4.78 is 122. The average Bonchev–Trinajstić information content (AvgIpc) is 0.974. The molecule has 512 valence electrons. The van der Waals surface area contributed by atoms with E-state index in [2.05, 4.69) is 25.0 Å². The summed E-state index contributed by atoms with van der Waals surface area (Å²) in [4.78, 5) is 96.0. The topological polar surface area (TPSA) is 439 Å². The van der Waals surface area contributed by atoms with E-state index in [1.807, 2.05) is 6.92 Å². The first kappa shape index (κ1) is 69.5. The first-order chi connectivity index (χ1) is 47.2. The van der Waals surface area contributed by atoms with Gasteiger partial charge >= 0.3 is 17.9 Å². The van der Waals surface area contributed by atoms with Gasteiger partial charge in [-0.2, -0.15) is 16.8 Å². The summed E-state index contributed by atoms with van der Waals surface area (Å²) in [6, 6.07) is 24.9. The molecule has 0 saturated heterocycles. The predicted molar refractivity (Wildman–Crippen MR) is 367 cm³/mol. The highest BCUT2D eigenvalue weighted by atomic mass is 32.2. The van der Waals surface area contributed by atoms with Crippen LogP contribution in [0.4, 0.5) is 22.7 Å². The predicted octanol–water partition coefficient (Wildman–Crippen LogP) is 11.0. The van der Waals surface area contributed by atoms with E-state index < -0.39 is 102 Å². The largest absolute Gasteiger partial charge is 0.478 e. The van der Waals surface area contributed by atoms with Crippen molar-refractivity contribution in [3.8, 4) is 33.1 Å². The molecule has 1 atom stereocenters. The van der Waals surface area contributed by atoms with E-state index in [1.165, 1.54) is 53.3 Å². The lowest BCUT2D eigenvalue weighted by atomic mass is 9.82. The summed E-state index contributed by atoms with van der Waals surface area (Å²) in [5, 5.41) is 48.1. The van der Waals surface area contributed by atoms with E-state index in [0.717, 1.165) is 58.8 Å². The van der Waals surface area contributed by atoms with Crippen LogP contribution in [0.1, 0.15) is 99.2 Å². The first-order valence-electron chi connectivity index (χ1n) is 29.2. The lowest BCUT2D eigenvalue weighted by molar-refractivity contribution is -0.432. The van der Waals surface area contributed by atoms with Gasteiger partial charge in [0.15, 0.2) is 26.5 Å². The molecule has 0 amide bonds. The molecule has 0 spiro atoms. The fourth-order valence-electron chi connectivity index (χ4n) is 12.7. The number of carboxylic acids is 3. The molecule has 28 nitrogen and oxygen atoms in total. The molecule has 34 heteroatoms. The Morgan fingerprint density at radius 2 is 1.36 bits per heavy atom. The molecule has 0 fully saturated rings. The number of furan rings is 1. The third-order valence-corrected chi connectivity index (χ3v) is 22.3. The molecule has 4 aromatic heterocycles. The summed E-state index contributed by atoms with van der Waals surface area (Å²) in [6.07, 6.45) is 3.87. The normalized spacial score (nSPS) is 12.8. The lowest BCUT2D eigenvalue weighted by Gasteiger charge is -2.27. The van der Waals surface area contributed by atoms with Gasteiger partial charge in [0.05, 0.1) is 111 Å². The summed E-state index contributed by atoms with van der Waals surface area (Å²) in [5.41, 5.74) is 0.766. The molecular formula is C66H49N5O23S6. The minimum atomic E-state index is -4.69. The number of nitrogens with one attached hydrogen (secondary N) is 2. The zero-order valence-corrected chi connectivity index (χ0v) is 57.2. The fraction of sp³-hybridized carbons (Fsp3) is 0.121. The Morgan fingerprint density at radius 3 is 1.99 bits per heavy atom. The van der Waals surface area contributed by atoms with Crippen molar-refractivity contribution in [1.29, 1.82) is 0 Å². The molecule has 2 aliphatic carbocycles. The number of rotatable bonds is 18. The fourth-order valence-corrected chi connectivity index (χ4v) is 17.6. The minimum Gasteiger partial charge on any atom is -0.478 e. The van der Waals surface area contributed by atoms with Gasteiger partial charge in [-0.25, -0.2) is 33.0 Å². The van der Waals surface area contributed by atoms with Crippen LogP contribution in [0.5, 0.6) is 0 Å². The Hall–Kier alpha value is -10.4. The number of carboxylic acid groups (broad SMARTS) is 3. The quantitative estimate of drug-likeness (QED) is 0.0171. The number of hydrogen-bond donors (Lipinski definition) is 8. The molecule has 0 aliphatic heterocycles. The molecule has 8 N–H and O–H groups in total. The standard InChI is InChI=1S/C34H28N2O12S2.C32H21N3O11S4/c1-5-16-13-15(3)30(50(45,46)47)18(6-2)27(16)35-22-9-10-23-26-24(20-11-12-48-29(20)28(37)25(22)26)31(49(4,43)44)32(38)36(23)17-7-8-19(33(39)40)21(14-17)34(41)42;1-14-11-21(33-20-10-8-16(50(42,43)44)13-23(20)48-46-45-40)25-26-24(17-5-3-4-6-18(17)28(25)36)29(49(2)41)30(37)35(27(14)26)32-34-19-9-7-15(31(38)39)12-22(19)47-32/h7-14,35H,5-6H2,1-4H3,(H,39,40)(H,41,42)(H,45,46,47);3-13,33,40H,1-2H3,(H,38,39)(H,42,43,44). The molecular weight excluding hydrogens is 1420 g/mol. The van der Waals surface area contributed by atoms with Gasteiger partial charge in [-0.3, -0.25) is 41.6 Å². The number of anilines is 4. The van der Waals surface area contributed by atoms with Crippen LogP contribution in [0.15, 0.2) is 154 Å². The molecule has 0 bridgehead atoms. The van der Waals surface area contributed by atoms with E-state index in [4.69, 9.17) is 9.67 Å². The van der Waals surface area contributed by atoms with Crippen molar-refractivity contribution in [2.75, 3.05) is 23.1 Å². The van der Waals surface area contributed by atoms with Gasteiger partial charge in [0.25, 0.3) is 31.4 Å². The van der Waals surface area contributed by atoms with Gasteiger partial charge in [0.2, 0.25) is 5.78 Å². The van der Waals surface area contributed by atoms with Crippen LogP contribution in [-0.2, 0) is 63.1 Å². The summed E-state index contributed by atoms with van der Waals surface area (Å²) in [7, 11) is -15.6. The van der Waals surface area contributed by atoms with Crippen LogP contribution < -0.4 is 21.8 Å². The van der Waals surface area contributed by atoms with E-state index in [9.17, 15) is 87.4 Å². The molecule has 11 aromatic rings. The maximum absolute atomic E-state index is 14.5. The van der Waals surface area contributed by atoms with Crippen LogP contribution in [0.3, 0.4) is 0 Å². The minimum absolute atomic E-state index is 0.0217. The number of aryl methyl sites for hydroxylation is 3. The number of nitrogens with zero attached hydrogens (tertiary/aromatic N) is 3. The van der Waals surface area contributed by atoms with E-state index in [1.54, 1.807) is 57.2 Å². The maximum atomic E-state index is 14.5. The van der Waals surface area contributed by atoms with Gasteiger partial charge in [-0.15, -0.1) is 4.33 Å². The third-order valence-electron chi connectivity index (χ3n) is 16.7. The van der Waals surface area contributed by atoms with Crippen LogP contribution in [-0.4, -0.2) is 115 Å². The zero-order valence-electron chi connectivity index (χ0n) is 52.3. The molecule has 7 aromatic carbocycles. The highest BCUT2D eigenvalue weighted by Crippen LogP contribution is 2.49. The summed E-state index contributed by atoms with van der Waals surface area (Å²) >= 11 is 1.47. The molecule has 1 unspecified atom stereocenters. The highest BCUT2D eigenvalue weighted by Gasteiger charge is 2.40. The Labute approximate surface area is 574 Å². The number of carbonyl (C=O) groups excluding carboxylic acids is 2. The van der Waals surface area contributed by atoms with Crippen molar-refractivity contribution in [3.63, 3.8) is 0 Å². The zero-order chi connectivity index (χ0) is 72.3. The molecule has 2 aliphatic rings. The van der Waals surface area contributed by atoms with E-state index in [-0.39, 0.29) is 110 Å². The van der Waals surface area contributed by atoms with Crippen LogP contribution in [0.2, 0.25) is 0 Å². The number of sulfone groups is 1. The Balaban J connectivity index is 0.000000190.